The standard InChI is InChI=1S/C53H99NO10/c1-3-5-7-9-11-13-15-17-19-21-23-25-26-28-30-32-34-36-38-40-45(56)48(58)44(43-63-53-51(61)50(60)49(59)47(42-55)64-53)54-52(62)46(57)41-39-37-35-33-31-29-27-24-22-20-18-16-14-12-10-8-6-4-2/h22,24-26,32,34,44-51,53,55-61H,3-21,23,27-31,33,35-43H2,1-2H3,(H,54,62)/b24-22-,26-25+,34-32+. The number of hydrogen-bond acceptors (Lipinski definition) is 10. The molecule has 0 spiro atoms. The molecule has 1 rings (SSSR count). The highest BCUT2D eigenvalue weighted by Gasteiger charge is 2.44. The average molecular weight is 910 g/mol. The molecule has 0 aromatic heterocycles. The number of nitrogens with one attached hydrogen (secondary N) is 1. The number of carbonyl (C=O) groups excluding carboxylic acids is 1. The Bertz CT molecular complexity index is 1130. The maximum atomic E-state index is 13.1. The second kappa shape index (κ2) is 42.7. The first-order chi connectivity index (χ1) is 31.2. The van der Waals surface area contributed by atoms with Crippen LogP contribution in [0.3, 0.4) is 0 Å². The van der Waals surface area contributed by atoms with Crippen molar-refractivity contribution >= 4 is 5.91 Å². The predicted molar refractivity (Wildman–Crippen MR) is 261 cm³/mol. The Morgan fingerprint density at radius 1 is 0.531 bits per heavy atom. The van der Waals surface area contributed by atoms with Crippen molar-refractivity contribution in [3.05, 3.63) is 36.5 Å². The minimum atomic E-state index is -1.67. The van der Waals surface area contributed by atoms with E-state index in [1.807, 2.05) is 0 Å². The van der Waals surface area contributed by atoms with E-state index in [1.165, 1.54) is 122 Å². The van der Waals surface area contributed by atoms with Crippen LogP contribution in [0.5, 0.6) is 0 Å². The van der Waals surface area contributed by atoms with Crippen molar-refractivity contribution < 1.29 is 50.0 Å². The van der Waals surface area contributed by atoms with Gasteiger partial charge in [-0.15, -0.1) is 0 Å². The van der Waals surface area contributed by atoms with Crippen molar-refractivity contribution in [1.82, 2.24) is 5.32 Å². The van der Waals surface area contributed by atoms with Crippen LogP contribution in [0.25, 0.3) is 0 Å². The number of aliphatic hydroxyl groups is 7. The summed E-state index contributed by atoms with van der Waals surface area (Å²) in [6.45, 7) is 3.43. The molecule has 1 amide bonds. The van der Waals surface area contributed by atoms with Gasteiger partial charge >= 0.3 is 0 Å². The normalized spacial score (nSPS) is 21.3. The minimum absolute atomic E-state index is 0.244. The number of carbonyl (C=O) groups is 1. The first kappa shape index (κ1) is 60.3. The van der Waals surface area contributed by atoms with E-state index < -0.39 is 74.2 Å². The lowest BCUT2D eigenvalue weighted by Crippen LogP contribution is -2.60. The summed E-state index contributed by atoms with van der Waals surface area (Å²) < 4.78 is 11.1. The number of amides is 1. The Balaban J connectivity index is 2.42. The number of hydrogen-bond donors (Lipinski definition) is 8. The van der Waals surface area contributed by atoms with Gasteiger partial charge in [-0.1, -0.05) is 185 Å². The molecule has 1 aliphatic rings. The molecule has 9 unspecified atom stereocenters. The van der Waals surface area contributed by atoms with Crippen LogP contribution in [0.4, 0.5) is 0 Å². The fraction of sp³-hybridized carbons (Fsp3) is 0.868. The van der Waals surface area contributed by atoms with Crippen LogP contribution in [0, 0.1) is 0 Å². The fourth-order valence-corrected chi connectivity index (χ4v) is 8.28. The molecular formula is C53H99NO10. The molecule has 0 aromatic carbocycles. The lowest BCUT2D eigenvalue weighted by Gasteiger charge is -2.40. The van der Waals surface area contributed by atoms with Gasteiger partial charge in [-0.05, 0) is 77.0 Å². The average Bonchev–Trinajstić information content (AvgIpc) is 3.29. The summed E-state index contributed by atoms with van der Waals surface area (Å²) in [5, 5.41) is 75.9. The maximum absolute atomic E-state index is 13.1. The zero-order valence-electron chi connectivity index (χ0n) is 40.8. The predicted octanol–water partition coefficient (Wildman–Crippen LogP) is 9.95. The highest BCUT2D eigenvalue weighted by molar-refractivity contribution is 5.80. The van der Waals surface area contributed by atoms with Crippen LogP contribution in [-0.4, -0.2) is 110 Å². The quantitative estimate of drug-likeness (QED) is 0.0216. The highest BCUT2D eigenvalue weighted by atomic mass is 16.7. The summed E-state index contributed by atoms with van der Waals surface area (Å²) in [6.07, 6.45) is 39.0. The van der Waals surface area contributed by atoms with Crippen molar-refractivity contribution in [3.8, 4) is 0 Å². The lowest BCUT2D eigenvalue weighted by atomic mass is 9.98. The SMILES string of the molecule is CCCCCCCCCC/C=C\CCCCCCCCC(O)C(=O)NC(COC1OC(CO)C(O)C(O)C1O)C(O)C(O)CCC/C=C/CC/C=C/CCCCCCCCCCCC. The largest absolute Gasteiger partial charge is 0.394 e. The van der Waals surface area contributed by atoms with E-state index in [0.29, 0.717) is 19.3 Å². The fourth-order valence-electron chi connectivity index (χ4n) is 8.28. The third kappa shape index (κ3) is 31.3. The third-order valence-corrected chi connectivity index (χ3v) is 12.6. The van der Waals surface area contributed by atoms with Gasteiger partial charge in [0.05, 0.1) is 25.4 Å². The zero-order chi connectivity index (χ0) is 46.9. The van der Waals surface area contributed by atoms with Gasteiger partial charge < -0.3 is 50.5 Å². The van der Waals surface area contributed by atoms with Crippen molar-refractivity contribution in [2.24, 2.45) is 0 Å². The number of aliphatic hydroxyl groups excluding tert-OH is 7. The Hall–Kier alpha value is -1.67. The molecule has 0 aliphatic carbocycles. The van der Waals surface area contributed by atoms with Gasteiger partial charge in [0.15, 0.2) is 6.29 Å². The maximum Gasteiger partial charge on any atom is 0.249 e. The van der Waals surface area contributed by atoms with E-state index >= 15 is 0 Å². The Morgan fingerprint density at radius 3 is 1.39 bits per heavy atom. The van der Waals surface area contributed by atoms with Crippen molar-refractivity contribution in [3.63, 3.8) is 0 Å². The monoisotopic (exact) mass is 910 g/mol. The molecule has 1 saturated heterocycles. The molecule has 0 bridgehead atoms. The molecule has 9 atom stereocenters. The highest BCUT2D eigenvalue weighted by Crippen LogP contribution is 2.23. The molecule has 11 nitrogen and oxygen atoms in total. The van der Waals surface area contributed by atoms with Crippen LogP contribution in [-0.2, 0) is 14.3 Å². The van der Waals surface area contributed by atoms with Crippen molar-refractivity contribution in [1.29, 1.82) is 0 Å². The van der Waals surface area contributed by atoms with Crippen molar-refractivity contribution in [2.45, 2.75) is 281 Å². The Kier molecular flexibility index (Phi) is 40.2. The van der Waals surface area contributed by atoms with Crippen LogP contribution >= 0.6 is 0 Å². The number of rotatable bonds is 44. The summed E-state index contributed by atoms with van der Waals surface area (Å²) in [5.74, 6) is -0.715. The molecule has 1 heterocycles. The third-order valence-electron chi connectivity index (χ3n) is 12.6. The van der Waals surface area contributed by atoms with Crippen LogP contribution in [0.1, 0.15) is 226 Å². The number of ether oxygens (including phenoxy) is 2. The summed E-state index contributed by atoms with van der Waals surface area (Å²) in [5.41, 5.74) is 0. The number of unbranched alkanes of at least 4 members (excludes halogenated alkanes) is 26. The zero-order valence-corrected chi connectivity index (χ0v) is 40.8. The molecule has 0 aromatic rings. The van der Waals surface area contributed by atoms with E-state index in [0.717, 1.165) is 57.8 Å². The van der Waals surface area contributed by atoms with E-state index in [9.17, 15) is 40.5 Å². The van der Waals surface area contributed by atoms with Gasteiger partial charge in [0.1, 0.15) is 36.6 Å². The molecule has 1 fully saturated rings. The topological polar surface area (TPSA) is 189 Å². The Labute approximate surface area is 390 Å². The van der Waals surface area contributed by atoms with E-state index in [-0.39, 0.29) is 12.8 Å². The molecule has 8 N–H and O–H groups in total. The molecule has 1 aliphatic heterocycles. The van der Waals surface area contributed by atoms with Crippen LogP contribution < -0.4 is 5.32 Å². The van der Waals surface area contributed by atoms with Gasteiger partial charge in [-0.25, -0.2) is 0 Å². The smallest absolute Gasteiger partial charge is 0.249 e. The van der Waals surface area contributed by atoms with Crippen LogP contribution in [0.2, 0.25) is 0 Å². The van der Waals surface area contributed by atoms with E-state index in [1.54, 1.807) is 0 Å². The van der Waals surface area contributed by atoms with Gasteiger partial charge in [0.25, 0.3) is 0 Å². The molecule has 64 heavy (non-hydrogen) atoms. The minimum Gasteiger partial charge on any atom is -0.394 e. The lowest BCUT2D eigenvalue weighted by molar-refractivity contribution is -0.303. The molecule has 0 saturated carbocycles. The van der Waals surface area contributed by atoms with Crippen LogP contribution in [0.15, 0.2) is 36.5 Å². The summed E-state index contributed by atoms with van der Waals surface area (Å²) >= 11 is 0. The van der Waals surface area contributed by atoms with Gasteiger partial charge in [-0.3, -0.25) is 4.79 Å². The first-order valence-electron chi connectivity index (χ1n) is 26.4. The Morgan fingerprint density at radius 2 is 0.938 bits per heavy atom. The molecule has 11 heteroatoms. The molecular weight excluding hydrogens is 811 g/mol. The van der Waals surface area contributed by atoms with E-state index in [4.69, 9.17) is 9.47 Å². The number of allylic oxidation sites excluding steroid dienone is 6. The summed E-state index contributed by atoms with van der Waals surface area (Å²) in [6, 6.07) is -1.19. The van der Waals surface area contributed by atoms with Gasteiger partial charge in [0.2, 0.25) is 5.91 Å². The second-order valence-corrected chi connectivity index (χ2v) is 18.6. The molecule has 0 radical (unpaired) electrons. The van der Waals surface area contributed by atoms with E-state index in [2.05, 4.69) is 55.6 Å². The second-order valence-electron chi connectivity index (χ2n) is 18.6. The first-order valence-corrected chi connectivity index (χ1v) is 26.4. The van der Waals surface area contributed by atoms with Gasteiger partial charge in [0, 0.05) is 0 Å². The van der Waals surface area contributed by atoms with Crippen molar-refractivity contribution in [2.75, 3.05) is 13.2 Å². The summed E-state index contributed by atoms with van der Waals surface area (Å²) in [7, 11) is 0. The van der Waals surface area contributed by atoms with Gasteiger partial charge in [-0.2, -0.15) is 0 Å². The summed E-state index contributed by atoms with van der Waals surface area (Å²) in [4.78, 5) is 13.1. The molecule has 376 valence electrons.